The molecule has 3 heterocycles. The van der Waals surface area contributed by atoms with Crippen molar-refractivity contribution in [3.05, 3.63) is 101 Å². The number of carboxylic acids is 1. The number of benzene rings is 2. The van der Waals surface area contributed by atoms with E-state index in [0.29, 0.717) is 33.0 Å². The first-order chi connectivity index (χ1) is 18.7. The van der Waals surface area contributed by atoms with Gasteiger partial charge in [0.05, 0.1) is 28.0 Å². The Balaban J connectivity index is 1.53. The highest BCUT2D eigenvalue weighted by Crippen LogP contribution is 2.44. The van der Waals surface area contributed by atoms with Crippen molar-refractivity contribution in [1.29, 1.82) is 0 Å². The largest absolute Gasteiger partial charge is 0.478 e. The van der Waals surface area contributed by atoms with Gasteiger partial charge in [-0.05, 0) is 66.8 Å². The first-order valence-electron chi connectivity index (χ1n) is 12.3. The van der Waals surface area contributed by atoms with Crippen molar-refractivity contribution in [2.75, 3.05) is 10.2 Å². The maximum atomic E-state index is 12.2. The number of thiocarbonyl (C=S) groups is 1. The Morgan fingerprint density at radius 2 is 1.87 bits per heavy atom. The lowest BCUT2D eigenvalue weighted by Gasteiger charge is -2.26. The van der Waals surface area contributed by atoms with E-state index in [1.54, 1.807) is 30.5 Å². The number of furan rings is 1. The highest BCUT2D eigenvalue weighted by atomic mass is 35.5. The molecule has 2 aromatic heterocycles. The monoisotopic (exact) mass is 560 g/mol. The highest BCUT2D eigenvalue weighted by molar-refractivity contribution is 7.80. The quantitative estimate of drug-likeness (QED) is 0.221. The van der Waals surface area contributed by atoms with Gasteiger partial charge in [-0.15, -0.1) is 0 Å². The first kappa shape index (κ1) is 26.4. The van der Waals surface area contributed by atoms with Crippen LogP contribution in [0.4, 0.5) is 11.4 Å². The van der Waals surface area contributed by atoms with E-state index in [0.717, 1.165) is 11.3 Å². The van der Waals surface area contributed by atoms with Gasteiger partial charge in [0.1, 0.15) is 17.6 Å². The standard InChI is InChI=1S/C29H25ClN4O4S/c1-16(2)27(35)32-21-11-10-19(15-20(21)30)34-26(25(33-29(34)39)22-5-3-4-14-31-22)24-13-12-23(38-24)17-6-8-18(9-7-17)28(36)37/h3-16,25-26H,1-2H3,(H,32,35)(H,33,39)(H,36,37)/t25-,26+/m0/s1. The molecule has 1 aliphatic rings. The van der Waals surface area contributed by atoms with Crippen molar-refractivity contribution in [3.63, 3.8) is 0 Å². The summed E-state index contributed by atoms with van der Waals surface area (Å²) in [6, 6.07) is 20.5. The van der Waals surface area contributed by atoms with Crippen LogP contribution in [0.2, 0.25) is 5.02 Å². The topological polar surface area (TPSA) is 108 Å². The minimum absolute atomic E-state index is 0.129. The summed E-state index contributed by atoms with van der Waals surface area (Å²) in [5.74, 6) is -0.0916. The summed E-state index contributed by atoms with van der Waals surface area (Å²) in [5.41, 5.74) is 2.95. The van der Waals surface area contributed by atoms with E-state index in [9.17, 15) is 14.7 Å². The summed E-state index contributed by atoms with van der Waals surface area (Å²) in [6.45, 7) is 3.62. The number of rotatable bonds is 7. The fourth-order valence-electron chi connectivity index (χ4n) is 4.40. The van der Waals surface area contributed by atoms with E-state index >= 15 is 0 Å². The number of carboxylic acid groups (broad SMARTS) is 1. The van der Waals surface area contributed by atoms with Crippen LogP contribution < -0.4 is 15.5 Å². The molecule has 3 N–H and O–H groups in total. The van der Waals surface area contributed by atoms with Crippen LogP contribution in [0.3, 0.4) is 0 Å². The first-order valence-corrected chi connectivity index (χ1v) is 13.1. The summed E-state index contributed by atoms with van der Waals surface area (Å²) in [7, 11) is 0. The molecule has 0 unspecified atom stereocenters. The molecule has 2 atom stereocenters. The number of halogens is 1. The maximum Gasteiger partial charge on any atom is 0.335 e. The lowest BCUT2D eigenvalue weighted by atomic mass is 10.0. The molecule has 1 saturated heterocycles. The number of nitrogens with one attached hydrogen (secondary N) is 2. The Bertz CT molecular complexity index is 1540. The van der Waals surface area contributed by atoms with Gasteiger partial charge >= 0.3 is 5.97 Å². The SMILES string of the molecule is CC(C)C(=O)Nc1ccc(N2C(=S)N[C@@H](c3ccccn3)[C@H]2c2ccc(-c3ccc(C(=O)O)cc3)o2)cc1Cl. The van der Waals surface area contributed by atoms with Gasteiger partial charge in [0.2, 0.25) is 5.91 Å². The van der Waals surface area contributed by atoms with Crippen LogP contribution in [0.25, 0.3) is 11.3 Å². The number of carbonyl (C=O) groups excluding carboxylic acids is 1. The molecule has 10 heteroatoms. The van der Waals surface area contributed by atoms with Crippen molar-refractivity contribution in [2.45, 2.75) is 25.9 Å². The predicted octanol–water partition coefficient (Wildman–Crippen LogP) is 6.46. The average molecular weight is 561 g/mol. The number of anilines is 2. The van der Waals surface area contributed by atoms with Gasteiger partial charge in [0.25, 0.3) is 0 Å². The molecule has 4 aromatic rings. The lowest BCUT2D eigenvalue weighted by Crippen LogP contribution is -2.29. The third-order valence-corrected chi connectivity index (χ3v) is 7.07. The second-order valence-corrected chi connectivity index (χ2v) is 10.2. The molecule has 1 fully saturated rings. The fourth-order valence-corrected chi connectivity index (χ4v) is 4.97. The summed E-state index contributed by atoms with van der Waals surface area (Å²) in [6.07, 6.45) is 1.72. The van der Waals surface area contributed by atoms with E-state index < -0.39 is 12.0 Å². The zero-order valence-electron chi connectivity index (χ0n) is 21.1. The maximum absolute atomic E-state index is 12.2. The van der Waals surface area contributed by atoms with E-state index in [-0.39, 0.29) is 23.4 Å². The molecule has 198 valence electrons. The Kier molecular flexibility index (Phi) is 7.36. The predicted molar refractivity (Wildman–Crippen MR) is 154 cm³/mol. The third-order valence-electron chi connectivity index (χ3n) is 6.45. The van der Waals surface area contributed by atoms with Gasteiger partial charge in [-0.1, -0.05) is 43.6 Å². The third kappa shape index (κ3) is 5.36. The number of amides is 1. The summed E-state index contributed by atoms with van der Waals surface area (Å²) in [4.78, 5) is 29.9. The van der Waals surface area contributed by atoms with Gasteiger partial charge in [0.15, 0.2) is 5.11 Å². The zero-order chi connectivity index (χ0) is 27.7. The lowest BCUT2D eigenvalue weighted by molar-refractivity contribution is -0.118. The van der Waals surface area contributed by atoms with E-state index in [1.165, 1.54) is 12.1 Å². The minimum Gasteiger partial charge on any atom is -0.478 e. The van der Waals surface area contributed by atoms with Crippen molar-refractivity contribution in [3.8, 4) is 11.3 Å². The second-order valence-electron chi connectivity index (χ2n) is 9.39. The van der Waals surface area contributed by atoms with Gasteiger partial charge in [-0.2, -0.15) is 0 Å². The second kappa shape index (κ2) is 10.9. The van der Waals surface area contributed by atoms with Crippen molar-refractivity contribution < 1.29 is 19.1 Å². The van der Waals surface area contributed by atoms with Crippen molar-refractivity contribution in [2.24, 2.45) is 5.92 Å². The van der Waals surface area contributed by atoms with Gasteiger partial charge in [-0.25, -0.2) is 4.79 Å². The molecule has 0 aliphatic carbocycles. The molecule has 2 aromatic carbocycles. The molecule has 39 heavy (non-hydrogen) atoms. The zero-order valence-corrected chi connectivity index (χ0v) is 22.7. The minimum atomic E-state index is -0.991. The highest BCUT2D eigenvalue weighted by Gasteiger charge is 2.42. The van der Waals surface area contributed by atoms with Gasteiger partial charge < -0.3 is 25.1 Å². The summed E-state index contributed by atoms with van der Waals surface area (Å²) < 4.78 is 6.33. The van der Waals surface area contributed by atoms with Gasteiger partial charge in [-0.3, -0.25) is 9.78 Å². The number of aromatic carboxylic acids is 1. The number of hydrogen-bond donors (Lipinski definition) is 3. The molecular weight excluding hydrogens is 536 g/mol. The van der Waals surface area contributed by atoms with Crippen LogP contribution in [0.5, 0.6) is 0 Å². The molecule has 0 bridgehead atoms. The summed E-state index contributed by atoms with van der Waals surface area (Å²) in [5, 5.41) is 16.3. The Hall–Kier alpha value is -4.21. The molecule has 0 spiro atoms. The molecule has 0 saturated carbocycles. The average Bonchev–Trinajstić information content (AvgIpc) is 3.55. The van der Waals surface area contributed by atoms with Crippen LogP contribution in [-0.4, -0.2) is 27.1 Å². The molecule has 0 radical (unpaired) electrons. The molecule has 1 aliphatic heterocycles. The van der Waals surface area contributed by atoms with E-state index in [4.69, 9.17) is 28.2 Å². The van der Waals surface area contributed by atoms with Gasteiger partial charge in [0, 0.05) is 23.4 Å². The number of carbonyl (C=O) groups is 2. The Morgan fingerprint density at radius 1 is 1.10 bits per heavy atom. The molecule has 8 nitrogen and oxygen atoms in total. The Morgan fingerprint density at radius 3 is 2.51 bits per heavy atom. The summed E-state index contributed by atoms with van der Waals surface area (Å²) >= 11 is 12.4. The Labute approximate surface area is 235 Å². The van der Waals surface area contributed by atoms with Crippen LogP contribution >= 0.6 is 23.8 Å². The number of hydrogen-bond acceptors (Lipinski definition) is 5. The van der Waals surface area contributed by atoms with E-state index in [2.05, 4.69) is 15.6 Å². The van der Waals surface area contributed by atoms with Crippen molar-refractivity contribution in [1.82, 2.24) is 10.3 Å². The smallest absolute Gasteiger partial charge is 0.335 e. The van der Waals surface area contributed by atoms with Crippen LogP contribution in [0.1, 0.15) is 47.7 Å². The van der Waals surface area contributed by atoms with Crippen molar-refractivity contribution >= 4 is 52.2 Å². The molecule has 5 rings (SSSR count). The normalized spacial score (nSPS) is 16.8. The van der Waals surface area contributed by atoms with E-state index in [1.807, 2.05) is 55.1 Å². The van der Waals surface area contributed by atoms with Crippen LogP contribution in [0.15, 0.2) is 83.4 Å². The number of pyridine rings is 1. The fraction of sp³-hybridized carbons (Fsp3) is 0.172. The van der Waals surface area contributed by atoms with Crippen LogP contribution in [-0.2, 0) is 4.79 Å². The molecule has 1 amide bonds. The molecular formula is C29H25ClN4O4S. The van der Waals surface area contributed by atoms with Crippen LogP contribution in [0, 0.1) is 5.92 Å². The number of aromatic nitrogens is 1. The number of nitrogens with zero attached hydrogens (tertiary/aromatic N) is 2.